The van der Waals surface area contributed by atoms with E-state index in [-0.39, 0.29) is 0 Å². The van der Waals surface area contributed by atoms with Crippen molar-refractivity contribution < 1.29 is 0 Å². The third-order valence-corrected chi connectivity index (χ3v) is 5.07. The third kappa shape index (κ3) is 3.35. The molecule has 0 spiro atoms. The van der Waals surface area contributed by atoms with Gasteiger partial charge in [0.2, 0.25) is 0 Å². The first-order valence-electron chi connectivity index (χ1n) is 9.20. The number of hydrogen-bond donors (Lipinski definition) is 0. The zero-order valence-corrected chi connectivity index (χ0v) is 15.5. The fourth-order valence-electron chi connectivity index (χ4n) is 3.79. The van der Waals surface area contributed by atoms with Crippen molar-refractivity contribution in [2.75, 3.05) is 31.1 Å². The maximum Gasteiger partial charge on any atom is 0.0834 e. The van der Waals surface area contributed by atoms with Crippen molar-refractivity contribution in [2.45, 2.75) is 20.4 Å². The van der Waals surface area contributed by atoms with Crippen molar-refractivity contribution in [3.05, 3.63) is 71.8 Å². The quantitative estimate of drug-likeness (QED) is 0.726. The molecule has 4 rings (SSSR count). The zero-order valence-electron chi connectivity index (χ0n) is 15.5. The molecule has 0 amide bonds. The first-order valence-corrected chi connectivity index (χ1v) is 9.20. The number of benzene rings is 1. The molecule has 5 nitrogen and oxygen atoms in total. The molecular formula is C21H25N5. The van der Waals surface area contributed by atoms with Crippen LogP contribution in [0.5, 0.6) is 0 Å². The van der Waals surface area contributed by atoms with Crippen LogP contribution >= 0.6 is 0 Å². The molecule has 1 aliphatic heterocycles. The van der Waals surface area contributed by atoms with Crippen molar-refractivity contribution in [3.8, 4) is 5.69 Å². The lowest BCUT2D eigenvalue weighted by Crippen LogP contribution is -2.46. The average molecular weight is 347 g/mol. The van der Waals surface area contributed by atoms with E-state index >= 15 is 0 Å². The van der Waals surface area contributed by atoms with E-state index in [2.05, 4.69) is 63.6 Å². The maximum absolute atomic E-state index is 4.80. The summed E-state index contributed by atoms with van der Waals surface area (Å²) in [4.78, 5) is 9.20. The zero-order chi connectivity index (χ0) is 17.9. The molecule has 5 heteroatoms. The summed E-state index contributed by atoms with van der Waals surface area (Å²) in [6.07, 6.45) is 3.79. The Kier molecular flexibility index (Phi) is 4.71. The first kappa shape index (κ1) is 16.8. The minimum atomic E-state index is 0.975. The Morgan fingerprint density at radius 3 is 2.38 bits per heavy atom. The predicted molar refractivity (Wildman–Crippen MR) is 105 cm³/mol. The highest BCUT2D eigenvalue weighted by Crippen LogP contribution is 2.27. The smallest absolute Gasteiger partial charge is 0.0834 e. The minimum Gasteiger partial charge on any atom is -0.366 e. The van der Waals surface area contributed by atoms with E-state index in [1.807, 2.05) is 24.5 Å². The molecule has 2 aromatic heterocycles. The van der Waals surface area contributed by atoms with Crippen LogP contribution in [0.2, 0.25) is 0 Å². The van der Waals surface area contributed by atoms with Gasteiger partial charge in [-0.25, -0.2) is 4.68 Å². The van der Waals surface area contributed by atoms with Gasteiger partial charge in [0.05, 0.1) is 22.8 Å². The van der Waals surface area contributed by atoms with Crippen LogP contribution in [0, 0.1) is 13.8 Å². The number of anilines is 1. The van der Waals surface area contributed by atoms with Crippen LogP contribution in [0.1, 0.15) is 17.0 Å². The standard InChI is InChI=1S/C21H25N5/c1-17-21(18(2)26(23-17)20-8-4-3-5-9-20)25-13-11-24(12-14-25)16-19-7-6-10-22-15-19/h3-10,15H,11-14,16H2,1-2H3. The van der Waals surface area contributed by atoms with Gasteiger partial charge in [0.25, 0.3) is 0 Å². The largest absolute Gasteiger partial charge is 0.366 e. The normalized spacial score (nSPS) is 15.4. The summed E-state index contributed by atoms with van der Waals surface area (Å²) >= 11 is 0. The molecule has 0 unspecified atom stereocenters. The second kappa shape index (κ2) is 7.30. The van der Waals surface area contributed by atoms with Crippen molar-refractivity contribution in [1.82, 2.24) is 19.7 Å². The van der Waals surface area contributed by atoms with Gasteiger partial charge in [-0.2, -0.15) is 5.10 Å². The molecule has 0 radical (unpaired) electrons. The third-order valence-electron chi connectivity index (χ3n) is 5.07. The van der Waals surface area contributed by atoms with E-state index in [4.69, 9.17) is 5.10 Å². The Labute approximate surface area is 154 Å². The molecule has 0 bridgehead atoms. The highest BCUT2D eigenvalue weighted by molar-refractivity contribution is 5.57. The second-order valence-corrected chi connectivity index (χ2v) is 6.89. The van der Waals surface area contributed by atoms with Gasteiger partial charge in [0.15, 0.2) is 0 Å². The highest BCUT2D eigenvalue weighted by atomic mass is 15.3. The second-order valence-electron chi connectivity index (χ2n) is 6.89. The van der Waals surface area contributed by atoms with Crippen molar-refractivity contribution >= 4 is 5.69 Å². The van der Waals surface area contributed by atoms with Gasteiger partial charge in [-0.05, 0) is 37.6 Å². The van der Waals surface area contributed by atoms with Crippen LogP contribution in [0.25, 0.3) is 5.69 Å². The van der Waals surface area contributed by atoms with Gasteiger partial charge in [-0.1, -0.05) is 24.3 Å². The summed E-state index contributed by atoms with van der Waals surface area (Å²) in [6.45, 7) is 9.44. The Hall–Kier alpha value is -2.66. The van der Waals surface area contributed by atoms with Crippen LogP contribution < -0.4 is 4.90 Å². The molecule has 1 saturated heterocycles. The molecule has 0 N–H and O–H groups in total. The lowest BCUT2D eigenvalue weighted by molar-refractivity contribution is 0.249. The topological polar surface area (TPSA) is 37.2 Å². The lowest BCUT2D eigenvalue weighted by atomic mass is 10.2. The summed E-state index contributed by atoms with van der Waals surface area (Å²) in [5.41, 5.74) is 6.01. The number of piperazine rings is 1. The van der Waals surface area contributed by atoms with E-state index in [1.54, 1.807) is 0 Å². The number of hydrogen-bond acceptors (Lipinski definition) is 4. The minimum absolute atomic E-state index is 0.975. The van der Waals surface area contributed by atoms with Crippen LogP contribution in [0.4, 0.5) is 5.69 Å². The number of para-hydroxylation sites is 1. The van der Waals surface area contributed by atoms with Crippen molar-refractivity contribution in [1.29, 1.82) is 0 Å². The summed E-state index contributed by atoms with van der Waals surface area (Å²) in [5, 5.41) is 4.80. The predicted octanol–water partition coefficient (Wildman–Crippen LogP) is 3.21. The van der Waals surface area contributed by atoms with Gasteiger partial charge in [0.1, 0.15) is 0 Å². The Morgan fingerprint density at radius 1 is 0.923 bits per heavy atom. The van der Waals surface area contributed by atoms with Gasteiger partial charge >= 0.3 is 0 Å². The Morgan fingerprint density at radius 2 is 1.69 bits per heavy atom. The molecule has 1 aliphatic rings. The van der Waals surface area contributed by atoms with Crippen LogP contribution in [-0.4, -0.2) is 45.8 Å². The van der Waals surface area contributed by atoms with Gasteiger partial charge in [-0.15, -0.1) is 0 Å². The fraction of sp³-hybridized carbons (Fsp3) is 0.333. The Bertz CT molecular complexity index is 849. The molecule has 0 saturated carbocycles. The van der Waals surface area contributed by atoms with Crippen LogP contribution in [0.3, 0.4) is 0 Å². The lowest BCUT2D eigenvalue weighted by Gasteiger charge is -2.36. The number of pyridine rings is 1. The van der Waals surface area contributed by atoms with E-state index in [9.17, 15) is 0 Å². The molecule has 3 heterocycles. The van der Waals surface area contributed by atoms with E-state index in [0.717, 1.165) is 44.1 Å². The van der Waals surface area contributed by atoms with Crippen molar-refractivity contribution in [2.24, 2.45) is 0 Å². The summed E-state index contributed by atoms with van der Waals surface area (Å²) < 4.78 is 2.06. The molecule has 26 heavy (non-hydrogen) atoms. The van der Waals surface area contributed by atoms with Gasteiger partial charge in [0, 0.05) is 45.1 Å². The van der Waals surface area contributed by atoms with E-state index in [1.165, 1.54) is 16.9 Å². The molecular weight excluding hydrogens is 322 g/mol. The summed E-state index contributed by atoms with van der Waals surface area (Å²) in [5.74, 6) is 0. The first-order chi connectivity index (χ1) is 12.7. The van der Waals surface area contributed by atoms with Crippen molar-refractivity contribution in [3.63, 3.8) is 0 Å². The van der Waals surface area contributed by atoms with Gasteiger partial charge < -0.3 is 4.90 Å². The number of nitrogens with zero attached hydrogens (tertiary/aromatic N) is 5. The molecule has 3 aromatic rings. The number of aryl methyl sites for hydroxylation is 1. The summed E-state index contributed by atoms with van der Waals surface area (Å²) in [6, 6.07) is 14.5. The molecule has 1 fully saturated rings. The fourth-order valence-corrected chi connectivity index (χ4v) is 3.79. The number of aromatic nitrogens is 3. The molecule has 0 atom stereocenters. The highest BCUT2D eigenvalue weighted by Gasteiger charge is 2.23. The van der Waals surface area contributed by atoms with E-state index in [0.29, 0.717) is 0 Å². The number of rotatable bonds is 4. The molecule has 134 valence electrons. The summed E-state index contributed by atoms with van der Waals surface area (Å²) in [7, 11) is 0. The van der Waals surface area contributed by atoms with E-state index < -0.39 is 0 Å². The van der Waals surface area contributed by atoms with Crippen LogP contribution in [-0.2, 0) is 6.54 Å². The monoisotopic (exact) mass is 347 g/mol. The molecule has 0 aliphatic carbocycles. The van der Waals surface area contributed by atoms with Gasteiger partial charge in [-0.3, -0.25) is 9.88 Å². The SMILES string of the molecule is Cc1nn(-c2ccccc2)c(C)c1N1CCN(Cc2cccnc2)CC1. The molecule has 1 aromatic carbocycles. The van der Waals surface area contributed by atoms with Crippen LogP contribution in [0.15, 0.2) is 54.9 Å². The maximum atomic E-state index is 4.80. The Balaban J connectivity index is 1.47. The average Bonchev–Trinajstić information content (AvgIpc) is 2.98.